The van der Waals surface area contributed by atoms with Crippen LogP contribution >= 0.6 is 24.0 Å². The molecule has 3 nitrogen and oxygen atoms in total. The van der Waals surface area contributed by atoms with E-state index < -0.39 is 9.84 Å². The number of benzene rings is 1. The minimum absolute atomic E-state index is 0. The van der Waals surface area contributed by atoms with E-state index >= 15 is 0 Å². The molecule has 1 aromatic carbocycles. The summed E-state index contributed by atoms with van der Waals surface area (Å²) >= 11 is 5.59. The van der Waals surface area contributed by atoms with Crippen molar-refractivity contribution in [1.82, 2.24) is 0 Å². The molecule has 0 radical (unpaired) electrons. The molecule has 74 valence electrons. The van der Waals surface area contributed by atoms with Crippen molar-refractivity contribution in [3.05, 3.63) is 23.2 Å². The molecule has 0 fully saturated rings. The second-order valence-corrected chi connectivity index (χ2v) is 4.87. The number of nitrogen functional groups attached to an aromatic ring is 1. The number of hydrogen-bond donors (Lipinski definition) is 1. The second-order valence-electron chi connectivity index (χ2n) is 2.45. The van der Waals surface area contributed by atoms with E-state index in [-0.39, 0.29) is 23.0 Å². The van der Waals surface area contributed by atoms with Gasteiger partial charge in [0.1, 0.15) is 0 Å². The molecule has 0 amide bonds. The predicted molar refractivity (Wildman–Crippen MR) is 56.2 cm³/mol. The average Bonchev–Trinajstić information content (AvgIpc) is 1.83. The number of anilines is 1. The zero-order chi connectivity index (χ0) is 9.35. The van der Waals surface area contributed by atoms with Gasteiger partial charge < -0.3 is 5.73 Å². The summed E-state index contributed by atoms with van der Waals surface area (Å²) < 4.78 is 22.1. The molecule has 0 atom stereocenters. The Balaban J connectivity index is 0.00000144. The molecular formula is C7H9Cl2NO2S. The molecule has 0 aliphatic carbocycles. The van der Waals surface area contributed by atoms with Crippen molar-refractivity contribution >= 4 is 39.5 Å². The summed E-state index contributed by atoms with van der Waals surface area (Å²) in [4.78, 5) is 0.118. The molecule has 0 saturated heterocycles. The summed E-state index contributed by atoms with van der Waals surface area (Å²) in [6, 6.07) is 4.30. The maximum atomic E-state index is 11.0. The van der Waals surface area contributed by atoms with Crippen LogP contribution in [0.2, 0.25) is 5.02 Å². The fourth-order valence-corrected chi connectivity index (χ4v) is 1.84. The van der Waals surface area contributed by atoms with Crippen LogP contribution in [0.5, 0.6) is 0 Å². The number of sulfone groups is 1. The first kappa shape index (κ1) is 12.6. The Bertz CT molecular complexity index is 403. The molecule has 6 heteroatoms. The molecule has 0 spiro atoms. The van der Waals surface area contributed by atoms with Crippen LogP contribution < -0.4 is 5.73 Å². The summed E-state index contributed by atoms with van der Waals surface area (Å²) in [5.74, 6) is 0. The minimum Gasteiger partial charge on any atom is -0.398 e. The quantitative estimate of drug-likeness (QED) is 0.763. The lowest BCUT2D eigenvalue weighted by molar-refractivity contribution is 0.602. The van der Waals surface area contributed by atoms with Crippen molar-refractivity contribution in [2.45, 2.75) is 4.90 Å². The fraction of sp³-hybridized carbons (Fsp3) is 0.143. The van der Waals surface area contributed by atoms with E-state index in [1.165, 1.54) is 18.2 Å². The van der Waals surface area contributed by atoms with Gasteiger partial charge in [0.2, 0.25) is 0 Å². The van der Waals surface area contributed by atoms with Crippen molar-refractivity contribution in [2.75, 3.05) is 12.0 Å². The smallest absolute Gasteiger partial charge is 0.177 e. The summed E-state index contributed by atoms with van der Waals surface area (Å²) in [6.45, 7) is 0. The van der Waals surface area contributed by atoms with Gasteiger partial charge in [-0.1, -0.05) is 11.6 Å². The number of hydrogen-bond acceptors (Lipinski definition) is 3. The Hall–Kier alpha value is -0.450. The van der Waals surface area contributed by atoms with Crippen LogP contribution in [0.1, 0.15) is 0 Å². The molecule has 0 aliphatic heterocycles. The fourth-order valence-electron chi connectivity index (χ4n) is 0.857. The van der Waals surface area contributed by atoms with Gasteiger partial charge in [-0.2, -0.15) is 0 Å². The molecule has 0 bridgehead atoms. The van der Waals surface area contributed by atoms with Crippen LogP contribution in [-0.4, -0.2) is 14.7 Å². The molecule has 1 aromatic rings. The van der Waals surface area contributed by atoms with E-state index in [9.17, 15) is 8.42 Å². The Morgan fingerprint density at radius 3 is 2.31 bits per heavy atom. The highest BCUT2D eigenvalue weighted by Gasteiger charge is 2.10. The maximum absolute atomic E-state index is 11.0. The lowest BCUT2D eigenvalue weighted by Crippen LogP contribution is -2.01. The first-order chi connectivity index (χ1) is 5.41. The van der Waals surface area contributed by atoms with Gasteiger partial charge in [-0.3, -0.25) is 0 Å². The molecule has 0 heterocycles. The SMILES string of the molecule is CS(=O)(=O)c1ccc(Cl)cc1N.Cl. The Labute approximate surface area is 88.2 Å². The standard InChI is InChI=1S/C7H8ClNO2S.ClH/c1-12(10,11)7-3-2-5(8)4-6(7)9;/h2-4H,9H2,1H3;1H. The third kappa shape index (κ3) is 3.06. The number of halogens is 2. The molecule has 13 heavy (non-hydrogen) atoms. The zero-order valence-electron chi connectivity index (χ0n) is 6.82. The highest BCUT2D eigenvalue weighted by atomic mass is 35.5. The predicted octanol–water partition coefficient (Wildman–Crippen LogP) is 1.75. The van der Waals surface area contributed by atoms with Gasteiger partial charge in [0, 0.05) is 11.3 Å². The normalized spacial score (nSPS) is 10.6. The van der Waals surface area contributed by atoms with Crippen LogP contribution in [0.3, 0.4) is 0 Å². The van der Waals surface area contributed by atoms with Crippen LogP contribution in [0.25, 0.3) is 0 Å². The van der Waals surface area contributed by atoms with E-state index in [1.54, 1.807) is 0 Å². The Morgan fingerprint density at radius 2 is 1.92 bits per heavy atom. The molecule has 0 aliphatic rings. The highest BCUT2D eigenvalue weighted by molar-refractivity contribution is 7.90. The van der Waals surface area contributed by atoms with Crippen LogP contribution in [-0.2, 0) is 9.84 Å². The lowest BCUT2D eigenvalue weighted by atomic mass is 10.3. The molecule has 1 rings (SSSR count). The van der Waals surface area contributed by atoms with Gasteiger partial charge in [0.15, 0.2) is 9.84 Å². The molecule has 0 unspecified atom stereocenters. The first-order valence-electron chi connectivity index (χ1n) is 3.16. The van der Waals surface area contributed by atoms with E-state index in [0.29, 0.717) is 5.02 Å². The first-order valence-corrected chi connectivity index (χ1v) is 5.43. The van der Waals surface area contributed by atoms with Gasteiger partial charge in [0.25, 0.3) is 0 Å². The molecule has 0 saturated carbocycles. The van der Waals surface area contributed by atoms with Crippen molar-refractivity contribution in [2.24, 2.45) is 0 Å². The average molecular weight is 242 g/mol. The largest absolute Gasteiger partial charge is 0.398 e. The van der Waals surface area contributed by atoms with Gasteiger partial charge in [-0.15, -0.1) is 12.4 Å². The minimum atomic E-state index is -3.23. The highest BCUT2D eigenvalue weighted by Crippen LogP contribution is 2.21. The van der Waals surface area contributed by atoms with E-state index in [2.05, 4.69) is 0 Å². The topological polar surface area (TPSA) is 60.2 Å². The van der Waals surface area contributed by atoms with E-state index in [0.717, 1.165) is 6.26 Å². The lowest BCUT2D eigenvalue weighted by Gasteiger charge is -2.02. The van der Waals surface area contributed by atoms with Crippen molar-refractivity contribution in [1.29, 1.82) is 0 Å². The molecular weight excluding hydrogens is 233 g/mol. The van der Waals surface area contributed by atoms with Crippen LogP contribution in [0.4, 0.5) is 5.69 Å². The Morgan fingerprint density at radius 1 is 1.38 bits per heavy atom. The Kier molecular flexibility index (Phi) is 4.03. The molecule has 2 N–H and O–H groups in total. The third-order valence-corrected chi connectivity index (χ3v) is 2.78. The van der Waals surface area contributed by atoms with Crippen molar-refractivity contribution in [3.63, 3.8) is 0 Å². The summed E-state index contributed by atoms with van der Waals surface area (Å²) in [5.41, 5.74) is 5.63. The summed E-state index contributed by atoms with van der Waals surface area (Å²) in [6.07, 6.45) is 1.10. The van der Waals surface area contributed by atoms with Gasteiger partial charge in [0.05, 0.1) is 10.6 Å². The van der Waals surface area contributed by atoms with E-state index in [4.69, 9.17) is 17.3 Å². The van der Waals surface area contributed by atoms with Gasteiger partial charge in [-0.25, -0.2) is 8.42 Å². The van der Waals surface area contributed by atoms with Crippen LogP contribution in [0, 0.1) is 0 Å². The number of rotatable bonds is 1. The summed E-state index contributed by atoms with van der Waals surface area (Å²) in [5, 5.41) is 0.430. The zero-order valence-corrected chi connectivity index (χ0v) is 9.21. The van der Waals surface area contributed by atoms with Gasteiger partial charge in [-0.05, 0) is 18.2 Å². The summed E-state index contributed by atoms with van der Waals surface area (Å²) in [7, 11) is -3.23. The number of nitrogens with two attached hydrogens (primary N) is 1. The van der Waals surface area contributed by atoms with Crippen molar-refractivity contribution in [3.8, 4) is 0 Å². The van der Waals surface area contributed by atoms with Crippen LogP contribution in [0.15, 0.2) is 23.1 Å². The van der Waals surface area contributed by atoms with Gasteiger partial charge >= 0.3 is 0 Å². The monoisotopic (exact) mass is 241 g/mol. The molecule has 0 aromatic heterocycles. The third-order valence-electron chi connectivity index (χ3n) is 1.37. The van der Waals surface area contributed by atoms with E-state index in [1.807, 2.05) is 0 Å². The maximum Gasteiger partial charge on any atom is 0.177 e. The second kappa shape index (κ2) is 4.17. The van der Waals surface area contributed by atoms with Crippen molar-refractivity contribution < 1.29 is 8.42 Å².